The van der Waals surface area contributed by atoms with E-state index in [9.17, 15) is 9.59 Å². The smallest absolute Gasteiger partial charge is 0.318 e. The van der Waals surface area contributed by atoms with Crippen molar-refractivity contribution in [2.75, 3.05) is 6.54 Å². The van der Waals surface area contributed by atoms with Crippen molar-refractivity contribution >= 4 is 11.9 Å². The number of imidazole rings is 1. The predicted molar refractivity (Wildman–Crippen MR) is 79.5 cm³/mol. The summed E-state index contributed by atoms with van der Waals surface area (Å²) in [5.74, 6) is 0.484. The lowest BCUT2D eigenvalue weighted by atomic mass is 10.0. The number of primary amides is 1. The number of rotatable bonds is 3. The van der Waals surface area contributed by atoms with Crippen molar-refractivity contribution in [1.29, 1.82) is 0 Å². The summed E-state index contributed by atoms with van der Waals surface area (Å²) in [4.78, 5) is 29.8. The molecular weight excluding hydrogens is 282 g/mol. The van der Waals surface area contributed by atoms with Crippen LogP contribution in [0, 0.1) is 0 Å². The van der Waals surface area contributed by atoms with E-state index in [2.05, 4.69) is 14.9 Å². The Hall–Kier alpha value is -2.67. The lowest BCUT2D eigenvalue weighted by Crippen LogP contribution is -2.46. The lowest BCUT2D eigenvalue weighted by Gasteiger charge is -2.33. The molecule has 0 saturated carbocycles. The van der Waals surface area contributed by atoms with Gasteiger partial charge in [-0.1, -0.05) is 30.3 Å². The molecule has 1 unspecified atom stereocenters. The van der Waals surface area contributed by atoms with Crippen molar-refractivity contribution < 1.29 is 9.59 Å². The second kappa shape index (κ2) is 5.98. The number of imide groups is 1. The summed E-state index contributed by atoms with van der Waals surface area (Å²) in [6.07, 6.45) is 3.67. The minimum absolute atomic E-state index is 0.418. The standard InChI is InChI=1S/C15H17N5O2/c16-15(22)18-14(21)13(11-4-2-1-3-5-11)20-9-8-19-7-6-17-12(19)10-20/h1-7,13H,8-10H2,(H3,16,18,21,22). The Balaban J connectivity index is 1.89. The fourth-order valence-corrected chi connectivity index (χ4v) is 2.77. The molecule has 0 aliphatic carbocycles. The van der Waals surface area contributed by atoms with Gasteiger partial charge in [-0.25, -0.2) is 9.78 Å². The number of nitrogens with one attached hydrogen (secondary N) is 1. The molecule has 2 aromatic rings. The van der Waals surface area contributed by atoms with Crippen LogP contribution in [0.3, 0.4) is 0 Å². The first kappa shape index (κ1) is 14.3. The van der Waals surface area contributed by atoms with Crippen LogP contribution in [0.25, 0.3) is 0 Å². The van der Waals surface area contributed by atoms with Crippen molar-refractivity contribution in [2.24, 2.45) is 5.73 Å². The van der Waals surface area contributed by atoms with E-state index >= 15 is 0 Å². The summed E-state index contributed by atoms with van der Waals surface area (Å²) in [5.41, 5.74) is 5.91. The second-order valence-electron chi connectivity index (χ2n) is 5.17. The number of aromatic nitrogens is 2. The van der Waals surface area contributed by atoms with Crippen molar-refractivity contribution in [3.8, 4) is 0 Å². The number of nitrogens with zero attached hydrogens (tertiary/aromatic N) is 3. The zero-order chi connectivity index (χ0) is 15.5. The summed E-state index contributed by atoms with van der Waals surface area (Å²) in [7, 11) is 0. The van der Waals surface area contributed by atoms with Gasteiger partial charge in [-0.2, -0.15) is 0 Å². The van der Waals surface area contributed by atoms with Gasteiger partial charge in [0.1, 0.15) is 11.9 Å². The zero-order valence-electron chi connectivity index (χ0n) is 12.0. The number of carbonyl (C=O) groups excluding carboxylic acids is 2. The van der Waals surface area contributed by atoms with Crippen LogP contribution in [0.2, 0.25) is 0 Å². The van der Waals surface area contributed by atoms with Crippen LogP contribution < -0.4 is 11.1 Å². The highest BCUT2D eigenvalue weighted by Gasteiger charge is 2.31. The highest BCUT2D eigenvalue weighted by atomic mass is 16.2. The molecule has 114 valence electrons. The number of hydrogen-bond acceptors (Lipinski definition) is 4. The molecule has 0 spiro atoms. The van der Waals surface area contributed by atoms with Crippen LogP contribution >= 0.6 is 0 Å². The minimum Gasteiger partial charge on any atom is -0.351 e. The quantitative estimate of drug-likeness (QED) is 0.869. The molecular formula is C15H17N5O2. The van der Waals surface area contributed by atoms with Crippen molar-refractivity contribution in [2.45, 2.75) is 19.1 Å². The fourth-order valence-electron chi connectivity index (χ4n) is 2.77. The van der Waals surface area contributed by atoms with Crippen LogP contribution in [-0.4, -0.2) is 32.9 Å². The number of carbonyl (C=O) groups is 2. The van der Waals surface area contributed by atoms with E-state index in [-0.39, 0.29) is 0 Å². The van der Waals surface area contributed by atoms with Gasteiger partial charge >= 0.3 is 6.03 Å². The minimum atomic E-state index is -0.843. The van der Waals surface area contributed by atoms with Gasteiger partial charge in [-0.05, 0) is 5.56 Å². The monoisotopic (exact) mass is 299 g/mol. The third kappa shape index (κ3) is 2.84. The maximum absolute atomic E-state index is 12.4. The summed E-state index contributed by atoms with van der Waals surface area (Å²) in [6, 6.07) is 7.94. The molecule has 1 aromatic heterocycles. The molecule has 2 heterocycles. The van der Waals surface area contributed by atoms with Gasteiger partial charge in [0.15, 0.2) is 0 Å². The number of hydrogen-bond donors (Lipinski definition) is 2. The SMILES string of the molecule is NC(=O)NC(=O)C(c1ccccc1)N1CCn2ccnc2C1. The Morgan fingerprint density at radius 3 is 2.73 bits per heavy atom. The highest BCUT2D eigenvalue weighted by Crippen LogP contribution is 2.25. The van der Waals surface area contributed by atoms with Gasteiger partial charge in [-0.15, -0.1) is 0 Å². The summed E-state index contributed by atoms with van der Waals surface area (Å²) >= 11 is 0. The van der Waals surface area contributed by atoms with Crippen LogP contribution in [0.15, 0.2) is 42.7 Å². The molecule has 3 amide bonds. The predicted octanol–water partition coefficient (Wildman–Crippen LogP) is 0.635. The first-order valence-corrected chi connectivity index (χ1v) is 7.04. The first-order chi connectivity index (χ1) is 10.6. The van der Waals surface area contributed by atoms with Gasteiger partial charge in [0.25, 0.3) is 0 Å². The normalized spacial score (nSPS) is 15.8. The molecule has 7 nitrogen and oxygen atoms in total. The lowest BCUT2D eigenvalue weighted by molar-refractivity contribution is -0.126. The Morgan fingerprint density at radius 1 is 1.23 bits per heavy atom. The number of nitrogens with two attached hydrogens (primary N) is 1. The average Bonchev–Trinajstić information content (AvgIpc) is 2.95. The molecule has 1 aliphatic heterocycles. The molecule has 0 bridgehead atoms. The van der Waals surface area contributed by atoms with Gasteiger partial charge in [0, 0.05) is 25.5 Å². The summed E-state index contributed by atoms with van der Waals surface area (Å²) in [5, 5.41) is 2.19. The van der Waals surface area contributed by atoms with E-state index in [0.717, 1.165) is 17.9 Å². The Bertz CT molecular complexity index is 682. The third-order valence-corrected chi connectivity index (χ3v) is 3.75. The number of amides is 3. The van der Waals surface area contributed by atoms with Crippen LogP contribution in [0.1, 0.15) is 17.4 Å². The summed E-state index contributed by atoms with van der Waals surface area (Å²) in [6.45, 7) is 1.98. The molecule has 1 aromatic carbocycles. The van der Waals surface area contributed by atoms with E-state index in [0.29, 0.717) is 13.1 Å². The second-order valence-corrected chi connectivity index (χ2v) is 5.17. The Morgan fingerprint density at radius 2 is 2.00 bits per heavy atom. The zero-order valence-corrected chi connectivity index (χ0v) is 12.0. The maximum Gasteiger partial charge on any atom is 0.318 e. The molecule has 22 heavy (non-hydrogen) atoms. The molecule has 3 rings (SSSR count). The van der Waals surface area contributed by atoms with E-state index < -0.39 is 18.0 Å². The maximum atomic E-state index is 12.4. The average molecular weight is 299 g/mol. The van der Waals surface area contributed by atoms with Crippen LogP contribution in [0.5, 0.6) is 0 Å². The van der Waals surface area contributed by atoms with E-state index in [1.165, 1.54) is 0 Å². The van der Waals surface area contributed by atoms with Gasteiger partial charge < -0.3 is 10.3 Å². The van der Waals surface area contributed by atoms with Crippen LogP contribution in [-0.2, 0) is 17.9 Å². The number of urea groups is 1. The molecule has 7 heteroatoms. The molecule has 3 N–H and O–H groups in total. The van der Waals surface area contributed by atoms with E-state index in [1.54, 1.807) is 6.20 Å². The molecule has 0 saturated heterocycles. The van der Waals surface area contributed by atoms with Crippen molar-refractivity contribution in [3.05, 3.63) is 54.1 Å². The largest absolute Gasteiger partial charge is 0.351 e. The van der Waals surface area contributed by atoms with Crippen molar-refractivity contribution in [1.82, 2.24) is 19.8 Å². The topological polar surface area (TPSA) is 93.2 Å². The van der Waals surface area contributed by atoms with Gasteiger partial charge in [-0.3, -0.25) is 15.0 Å². The Kier molecular flexibility index (Phi) is 3.88. The number of fused-ring (bicyclic) bond motifs is 1. The van der Waals surface area contributed by atoms with E-state index in [4.69, 9.17) is 5.73 Å². The van der Waals surface area contributed by atoms with Gasteiger partial charge in [0.05, 0.1) is 6.54 Å². The van der Waals surface area contributed by atoms with Crippen LogP contribution in [0.4, 0.5) is 4.79 Å². The van der Waals surface area contributed by atoms with Crippen molar-refractivity contribution in [3.63, 3.8) is 0 Å². The highest BCUT2D eigenvalue weighted by molar-refractivity contribution is 5.96. The number of benzene rings is 1. The molecule has 1 atom stereocenters. The van der Waals surface area contributed by atoms with E-state index in [1.807, 2.05) is 41.4 Å². The molecule has 1 aliphatic rings. The molecule has 0 radical (unpaired) electrons. The fraction of sp³-hybridized carbons (Fsp3) is 0.267. The first-order valence-electron chi connectivity index (χ1n) is 7.04. The Labute approximate surface area is 127 Å². The van der Waals surface area contributed by atoms with Gasteiger partial charge in [0.2, 0.25) is 5.91 Å². The summed E-state index contributed by atoms with van der Waals surface area (Å²) < 4.78 is 2.06. The molecule has 0 fully saturated rings. The third-order valence-electron chi connectivity index (χ3n) is 3.75.